The van der Waals surface area contributed by atoms with Gasteiger partial charge in [-0.25, -0.2) is 0 Å². The molecule has 0 N–H and O–H groups in total. The van der Waals surface area contributed by atoms with Crippen LogP contribution in [0.25, 0.3) is 60.9 Å². The lowest BCUT2D eigenvalue weighted by Gasteiger charge is -2.28. The molecular formula is C58H44N2O. The van der Waals surface area contributed by atoms with E-state index in [9.17, 15) is 0 Å². The van der Waals surface area contributed by atoms with Crippen LogP contribution < -0.4 is 9.80 Å². The van der Waals surface area contributed by atoms with E-state index < -0.39 is 0 Å². The summed E-state index contributed by atoms with van der Waals surface area (Å²) in [4.78, 5) is 4.71. The molecule has 11 rings (SSSR count). The molecule has 292 valence electrons. The second kappa shape index (κ2) is 14.6. The Kier molecular flexibility index (Phi) is 8.72. The first-order valence-electron chi connectivity index (χ1n) is 21.1. The minimum Gasteiger partial charge on any atom is -0.454 e. The standard InChI is InChI=1S/C58H44N2O/c1-39-15-6-5-13-36-59(44-16-7-4-8-17-44)54-35-30-43(37-51(39)54)42-26-24-40(25-27-42)41-28-31-45(32-29-41)60(55-22-14-20-50-49-19-10-12-23-56(49)61-57(50)55)46-33-34-48-47-18-9-11-21-52(47)58(2,3)53(48)38-46/h4-35,37-38H,1,36H2,2-3H3/b13-5-,15-6-. The molecular weight excluding hydrogens is 741 g/mol. The van der Waals surface area contributed by atoms with Gasteiger partial charge in [0, 0.05) is 51.0 Å². The fourth-order valence-corrected chi connectivity index (χ4v) is 9.49. The van der Waals surface area contributed by atoms with E-state index in [1.54, 1.807) is 0 Å². The third-order valence-electron chi connectivity index (χ3n) is 12.7. The van der Waals surface area contributed by atoms with Crippen LogP contribution >= 0.6 is 0 Å². The van der Waals surface area contributed by atoms with E-state index >= 15 is 0 Å². The number of hydrogen-bond acceptors (Lipinski definition) is 3. The molecule has 2 heterocycles. The fourth-order valence-electron chi connectivity index (χ4n) is 9.49. The summed E-state index contributed by atoms with van der Waals surface area (Å²) in [6.45, 7) is 9.92. The molecule has 0 saturated heterocycles. The Labute approximate surface area is 357 Å². The van der Waals surface area contributed by atoms with Gasteiger partial charge >= 0.3 is 0 Å². The van der Waals surface area contributed by atoms with E-state index in [0.717, 1.165) is 90.3 Å². The molecule has 3 heteroatoms. The van der Waals surface area contributed by atoms with Crippen molar-refractivity contribution in [3.05, 3.63) is 230 Å². The van der Waals surface area contributed by atoms with E-state index in [1.807, 2.05) is 6.07 Å². The van der Waals surface area contributed by atoms with Crippen LogP contribution in [-0.4, -0.2) is 6.54 Å². The normalized spacial score (nSPS) is 15.0. The van der Waals surface area contributed by atoms with Crippen molar-refractivity contribution in [2.24, 2.45) is 0 Å². The van der Waals surface area contributed by atoms with E-state index in [1.165, 1.54) is 22.3 Å². The summed E-state index contributed by atoms with van der Waals surface area (Å²) in [6, 6.07) is 65.8. The van der Waals surface area contributed by atoms with Crippen molar-refractivity contribution in [1.82, 2.24) is 0 Å². The van der Waals surface area contributed by atoms with Crippen molar-refractivity contribution < 1.29 is 4.42 Å². The van der Waals surface area contributed by atoms with Gasteiger partial charge < -0.3 is 14.2 Å². The number of furan rings is 1. The molecule has 3 nitrogen and oxygen atoms in total. The Morgan fingerprint density at radius 1 is 0.541 bits per heavy atom. The Balaban J connectivity index is 0.955. The second-order valence-corrected chi connectivity index (χ2v) is 16.6. The number of para-hydroxylation sites is 3. The van der Waals surface area contributed by atoms with E-state index in [4.69, 9.17) is 4.42 Å². The molecule has 2 aliphatic rings. The van der Waals surface area contributed by atoms with Crippen molar-refractivity contribution in [2.45, 2.75) is 19.3 Å². The van der Waals surface area contributed by atoms with Crippen molar-refractivity contribution in [1.29, 1.82) is 0 Å². The highest BCUT2D eigenvalue weighted by Gasteiger charge is 2.36. The minimum absolute atomic E-state index is 0.128. The monoisotopic (exact) mass is 784 g/mol. The van der Waals surface area contributed by atoms with Gasteiger partial charge in [-0.15, -0.1) is 0 Å². The van der Waals surface area contributed by atoms with Crippen LogP contribution in [0.5, 0.6) is 0 Å². The van der Waals surface area contributed by atoms with Crippen molar-refractivity contribution in [3.8, 4) is 33.4 Å². The lowest BCUT2D eigenvalue weighted by Crippen LogP contribution is -2.18. The summed E-state index contributed by atoms with van der Waals surface area (Å²) < 4.78 is 6.66. The van der Waals surface area contributed by atoms with Crippen LogP contribution in [0.1, 0.15) is 30.5 Å². The topological polar surface area (TPSA) is 19.6 Å². The lowest BCUT2D eigenvalue weighted by atomic mass is 9.82. The molecule has 9 aromatic rings. The number of allylic oxidation sites excluding steroid dienone is 4. The van der Waals surface area contributed by atoms with Crippen molar-refractivity contribution >= 4 is 55.9 Å². The summed E-state index contributed by atoms with van der Waals surface area (Å²) >= 11 is 0. The summed E-state index contributed by atoms with van der Waals surface area (Å²) in [5, 5.41) is 2.23. The van der Waals surface area contributed by atoms with Crippen LogP contribution in [0.3, 0.4) is 0 Å². The van der Waals surface area contributed by atoms with Crippen molar-refractivity contribution in [2.75, 3.05) is 16.3 Å². The van der Waals surface area contributed by atoms with Gasteiger partial charge in [-0.05, 0) is 111 Å². The summed E-state index contributed by atoms with van der Waals surface area (Å²) in [5.41, 5.74) is 19.2. The summed E-state index contributed by atoms with van der Waals surface area (Å²) in [5.74, 6) is 0. The fraction of sp³-hybridized carbons (Fsp3) is 0.0690. The summed E-state index contributed by atoms with van der Waals surface area (Å²) in [7, 11) is 0. The Hall–Kier alpha value is -7.62. The van der Waals surface area contributed by atoms with Gasteiger partial charge in [-0.1, -0.05) is 166 Å². The van der Waals surface area contributed by atoms with Crippen LogP contribution in [-0.2, 0) is 5.41 Å². The Morgan fingerprint density at radius 3 is 2.02 bits per heavy atom. The first-order chi connectivity index (χ1) is 29.9. The lowest BCUT2D eigenvalue weighted by molar-refractivity contribution is 0.660. The van der Waals surface area contributed by atoms with Gasteiger partial charge in [0.15, 0.2) is 5.58 Å². The highest BCUT2D eigenvalue weighted by Crippen LogP contribution is 2.51. The van der Waals surface area contributed by atoms with Crippen molar-refractivity contribution in [3.63, 3.8) is 0 Å². The van der Waals surface area contributed by atoms with E-state index in [0.29, 0.717) is 0 Å². The number of anilines is 5. The first kappa shape index (κ1) is 36.5. The number of hydrogen-bond donors (Lipinski definition) is 0. The molecule has 1 aliphatic heterocycles. The molecule has 0 amide bonds. The molecule has 8 aromatic carbocycles. The molecule has 1 aliphatic carbocycles. The quantitative estimate of drug-likeness (QED) is 0.167. The zero-order valence-corrected chi connectivity index (χ0v) is 34.3. The van der Waals surface area contributed by atoms with E-state index in [-0.39, 0.29) is 5.41 Å². The zero-order valence-electron chi connectivity index (χ0n) is 34.3. The molecule has 61 heavy (non-hydrogen) atoms. The zero-order chi connectivity index (χ0) is 41.1. The number of nitrogens with zero attached hydrogens (tertiary/aromatic N) is 2. The maximum absolute atomic E-state index is 6.66. The highest BCUT2D eigenvalue weighted by atomic mass is 16.3. The summed E-state index contributed by atoms with van der Waals surface area (Å²) in [6.07, 6.45) is 8.47. The van der Waals surface area contributed by atoms with Gasteiger partial charge in [-0.3, -0.25) is 0 Å². The predicted octanol–water partition coefficient (Wildman–Crippen LogP) is 16.0. The maximum Gasteiger partial charge on any atom is 0.159 e. The Bertz CT molecular complexity index is 3200. The molecule has 0 saturated carbocycles. The van der Waals surface area contributed by atoms with Gasteiger partial charge in [-0.2, -0.15) is 0 Å². The van der Waals surface area contributed by atoms with Gasteiger partial charge in [0.2, 0.25) is 0 Å². The molecule has 0 radical (unpaired) electrons. The SMILES string of the molecule is C=C1/C=C\C=C/CN(c2ccccc2)c2ccc(-c3ccc(-c4ccc(N(c5ccc6c(c5)C(C)(C)c5ccccc5-6)c5cccc6c5oc5ccccc56)cc4)cc3)cc21. The van der Waals surface area contributed by atoms with Gasteiger partial charge in [0.1, 0.15) is 5.58 Å². The van der Waals surface area contributed by atoms with Gasteiger partial charge in [0.05, 0.1) is 5.69 Å². The van der Waals surface area contributed by atoms with Crippen LogP contribution in [0.2, 0.25) is 0 Å². The Morgan fingerprint density at radius 2 is 1.20 bits per heavy atom. The number of rotatable bonds is 6. The van der Waals surface area contributed by atoms with E-state index in [2.05, 4.69) is 230 Å². The number of fused-ring (bicyclic) bond motifs is 7. The molecule has 0 atom stereocenters. The van der Waals surface area contributed by atoms with Gasteiger partial charge in [0.25, 0.3) is 0 Å². The average molecular weight is 785 g/mol. The van der Waals surface area contributed by atoms with Crippen LogP contribution in [0, 0.1) is 0 Å². The third kappa shape index (κ3) is 6.20. The minimum atomic E-state index is -0.128. The first-order valence-corrected chi connectivity index (χ1v) is 21.1. The predicted molar refractivity (Wildman–Crippen MR) is 258 cm³/mol. The smallest absolute Gasteiger partial charge is 0.159 e. The van der Waals surface area contributed by atoms with Crippen LogP contribution in [0.4, 0.5) is 28.4 Å². The molecule has 1 aromatic heterocycles. The highest BCUT2D eigenvalue weighted by molar-refractivity contribution is 6.10. The number of benzene rings is 8. The molecule has 0 spiro atoms. The van der Waals surface area contributed by atoms with Crippen LogP contribution in [0.15, 0.2) is 217 Å². The maximum atomic E-state index is 6.66. The largest absolute Gasteiger partial charge is 0.454 e. The third-order valence-corrected chi connectivity index (χ3v) is 12.7. The molecule has 0 fully saturated rings. The molecule has 0 unspecified atom stereocenters. The average Bonchev–Trinajstić information content (AvgIpc) is 3.82. The molecule has 0 bridgehead atoms. The second-order valence-electron chi connectivity index (χ2n) is 16.6.